The lowest BCUT2D eigenvalue weighted by atomic mass is 9.47. The Bertz CT molecular complexity index is 791. The number of carbonyl (C=O) groups is 1. The van der Waals surface area contributed by atoms with Crippen LogP contribution in [0.3, 0.4) is 0 Å². The first-order valence-electron chi connectivity index (χ1n) is 11.0. The Morgan fingerprint density at radius 2 is 2.10 bits per heavy atom. The molecule has 6 atom stereocenters. The average Bonchev–Trinajstić information content (AvgIpc) is 3.04. The van der Waals surface area contributed by atoms with E-state index in [1.165, 1.54) is 43.8 Å². The van der Waals surface area contributed by atoms with Gasteiger partial charge in [-0.25, -0.2) is 4.79 Å². The predicted octanol–water partition coefficient (Wildman–Crippen LogP) is 4.86. The highest BCUT2D eigenvalue weighted by Gasteiger charge is 2.52. The summed E-state index contributed by atoms with van der Waals surface area (Å²) in [4.78, 5) is 11.3. The van der Waals surface area contributed by atoms with Crippen LogP contribution >= 0.6 is 0 Å². The van der Waals surface area contributed by atoms with Crippen molar-refractivity contribution in [1.29, 1.82) is 0 Å². The molecule has 0 aromatic carbocycles. The second kappa shape index (κ2) is 7.55. The van der Waals surface area contributed by atoms with Crippen molar-refractivity contribution in [3.8, 4) is 0 Å². The average molecular weight is 399 g/mol. The van der Waals surface area contributed by atoms with Crippen molar-refractivity contribution in [2.24, 2.45) is 22.7 Å². The Morgan fingerprint density at radius 3 is 2.76 bits per heavy atom. The molecule has 0 saturated heterocycles. The molecule has 4 nitrogen and oxygen atoms in total. The van der Waals surface area contributed by atoms with Gasteiger partial charge in [0.15, 0.2) is 0 Å². The van der Waals surface area contributed by atoms with Crippen LogP contribution in [-0.4, -0.2) is 30.1 Å². The summed E-state index contributed by atoms with van der Waals surface area (Å²) < 4.78 is 10.7. The summed E-state index contributed by atoms with van der Waals surface area (Å²) >= 11 is 0. The summed E-state index contributed by atoms with van der Waals surface area (Å²) in [6, 6.07) is 0. The highest BCUT2D eigenvalue weighted by atomic mass is 16.6. The second-order valence-electron chi connectivity index (χ2n) is 9.85. The summed E-state index contributed by atoms with van der Waals surface area (Å²) in [6.07, 6.45) is 13.6. The van der Waals surface area contributed by atoms with Crippen molar-refractivity contribution in [1.82, 2.24) is 0 Å². The largest absolute Gasteiger partial charge is 0.429 e. The van der Waals surface area contributed by atoms with Gasteiger partial charge in [0, 0.05) is 11.6 Å². The third kappa shape index (κ3) is 3.55. The topological polar surface area (TPSA) is 55.8 Å². The minimum Gasteiger partial charge on any atom is -0.429 e. The number of ether oxygens (including phenoxy) is 2. The van der Waals surface area contributed by atoms with Crippen LogP contribution in [0.25, 0.3) is 0 Å². The Morgan fingerprint density at radius 1 is 1.31 bits per heavy atom. The smallest absolute Gasteiger partial charge is 0.333 e. The maximum Gasteiger partial charge on any atom is 0.333 e. The molecule has 2 aliphatic heterocycles. The molecular formula is C25H34O4. The zero-order chi connectivity index (χ0) is 20.8. The van der Waals surface area contributed by atoms with E-state index >= 15 is 0 Å². The van der Waals surface area contributed by atoms with Crippen LogP contribution in [0.4, 0.5) is 0 Å². The number of esters is 1. The van der Waals surface area contributed by atoms with Gasteiger partial charge in [-0.3, -0.25) is 0 Å². The van der Waals surface area contributed by atoms with Crippen LogP contribution in [0.1, 0.15) is 59.3 Å². The minimum absolute atomic E-state index is 0.151. The molecule has 158 valence electrons. The van der Waals surface area contributed by atoms with E-state index in [4.69, 9.17) is 9.47 Å². The van der Waals surface area contributed by atoms with E-state index < -0.39 is 12.3 Å². The molecular weight excluding hydrogens is 364 g/mol. The SMILES string of the molecule is C=C1CCCC2[C@@]1(C)CC[C@H](C)[C@]2(C)/C=C/C1=CC[C@H](C2=CC(=O)OC2O)OC1. The standard InChI is InChI=1S/C25H34O4/c1-16-6-5-7-21-24(16,3)12-10-17(2)25(21,4)13-11-18-8-9-20(28-15-18)19-14-22(26)29-23(19)27/h8,11,13-14,17,20-21,23,27H,1,5-7,9-10,12,15H2,2-4H3/b13-11+/t17-,20+,21?,23?,24-,25-/m0/s1. The van der Waals surface area contributed by atoms with Crippen molar-refractivity contribution in [3.63, 3.8) is 0 Å². The van der Waals surface area contributed by atoms with E-state index in [0.29, 0.717) is 30.4 Å². The number of rotatable bonds is 3. The number of carbonyl (C=O) groups excluding carboxylic acids is 1. The van der Waals surface area contributed by atoms with Crippen molar-refractivity contribution in [3.05, 3.63) is 47.6 Å². The number of cyclic esters (lactones) is 1. The van der Waals surface area contributed by atoms with E-state index in [9.17, 15) is 9.90 Å². The number of aliphatic hydroxyl groups excluding tert-OH is 1. The molecule has 2 fully saturated rings. The molecule has 2 unspecified atom stereocenters. The molecule has 4 heteroatoms. The summed E-state index contributed by atoms with van der Waals surface area (Å²) in [5, 5.41) is 9.84. The number of hydrogen-bond donors (Lipinski definition) is 1. The summed E-state index contributed by atoms with van der Waals surface area (Å²) in [7, 11) is 0. The molecule has 2 saturated carbocycles. The van der Waals surface area contributed by atoms with Gasteiger partial charge in [-0.1, -0.05) is 51.2 Å². The zero-order valence-corrected chi connectivity index (χ0v) is 17.9. The Kier molecular flexibility index (Phi) is 5.37. The summed E-state index contributed by atoms with van der Waals surface area (Å²) in [5.74, 6) is 0.778. The van der Waals surface area contributed by atoms with E-state index in [0.717, 1.165) is 5.57 Å². The highest BCUT2D eigenvalue weighted by molar-refractivity contribution is 5.85. The van der Waals surface area contributed by atoms with E-state index in [1.807, 2.05) is 0 Å². The van der Waals surface area contributed by atoms with Gasteiger partial charge >= 0.3 is 5.97 Å². The van der Waals surface area contributed by atoms with Gasteiger partial charge in [-0.05, 0) is 66.8 Å². The van der Waals surface area contributed by atoms with Crippen LogP contribution in [0.15, 0.2) is 47.6 Å². The zero-order valence-electron chi connectivity index (χ0n) is 17.9. The van der Waals surface area contributed by atoms with Gasteiger partial charge in [0.05, 0.1) is 12.7 Å². The van der Waals surface area contributed by atoms with Gasteiger partial charge in [0.2, 0.25) is 6.29 Å². The van der Waals surface area contributed by atoms with E-state index in [1.54, 1.807) is 0 Å². The van der Waals surface area contributed by atoms with Crippen molar-refractivity contribution in [2.45, 2.75) is 71.7 Å². The van der Waals surface area contributed by atoms with Crippen LogP contribution in [0.5, 0.6) is 0 Å². The van der Waals surface area contributed by atoms with Gasteiger partial charge in [0.1, 0.15) is 0 Å². The fraction of sp³-hybridized carbons (Fsp3) is 0.640. The number of fused-ring (bicyclic) bond motifs is 1. The first-order valence-corrected chi connectivity index (χ1v) is 11.0. The third-order valence-corrected chi connectivity index (χ3v) is 8.33. The fourth-order valence-electron chi connectivity index (χ4n) is 6.06. The molecule has 0 spiro atoms. The van der Waals surface area contributed by atoms with Crippen molar-refractivity contribution >= 4 is 5.97 Å². The molecule has 4 aliphatic rings. The van der Waals surface area contributed by atoms with Gasteiger partial charge < -0.3 is 14.6 Å². The maximum absolute atomic E-state index is 11.3. The number of hydrogen-bond acceptors (Lipinski definition) is 4. The van der Waals surface area contributed by atoms with Crippen molar-refractivity contribution < 1.29 is 19.4 Å². The van der Waals surface area contributed by atoms with Crippen LogP contribution in [0, 0.1) is 22.7 Å². The second-order valence-corrected chi connectivity index (χ2v) is 9.85. The molecule has 0 aromatic heterocycles. The molecule has 4 rings (SSSR count). The van der Waals surface area contributed by atoms with Crippen LogP contribution < -0.4 is 0 Å². The van der Waals surface area contributed by atoms with Gasteiger partial charge in [0.25, 0.3) is 0 Å². The molecule has 2 heterocycles. The maximum atomic E-state index is 11.3. The number of allylic oxidation sites excluding steroid dienone is 2. The number of aliphatic hydroxyl groups is 1. The van der Waals surface area contributed by atoms with Crippen molar-refractivity contribution in [2.75, 3.05) is 6.61 Å². The third-order valence-electron chi connectivity index (χ3n) is 8.33. The minimum atomic E-state index is -1.17. The summed E-state index contributed by atoms with van der Waals surface area (Å²) in [6.45, 7) is 12.2. The Labute approximate surface area is 174 Å². The molecule has 0 bridgehead atoms. The van der Waals surface area contributed by atoms with Crippen LogP contribution in [0.2, 0.25) is 0 Å². The quantitative estimate of drug-likeness (QED) is 0.545. The van der Waals surface area contributed by atoms with Gasteiger partial charge in [-0.15, -0.1) is 0 Å². The van der Waals surface area contributed by atoms with E-state index in [-0.39, 0.29) is 16.9 Å². The molecule has 2 aliphatic carbocycles. The molecule has 0 aromatic rings. The lowest BCUT2D eigenvalue weighted by Gasteiger charge is -2.57. The predicted molar refractivity (Wildman–Crippen MR) is 113 cm³/mol. The lowest BCUT2D eigenvalue weighted by Crippen LogP contribution is -2.49. The molecule has 29 heavy (non-hydrogen) atoms. The Balaban J connectivity index is 1.50. The highest BCUT2D eigenvalue weighted by Crippen LogP contribution is 2.61. The monoisotopic (exact) mass is 398 g/mol. The summed E-state index contributed by atoms with van der Waals surface area (Å²) in [5.41, 5.74) is 3.54. The normalized spacial score (nSPS) is 43.0. The van der Waals surface area contributed by atoms with Crippen LogP contribution in [-0.2, 0) is 14.3 Å². The first kappa shape index (κ1) is 20.6. The van der Waals surface area contributed by atoms with E-state index in [2.05, 4.69) is 45.6 Å². The Hall–Kier alpha value is -1.65. The first-order chi connectivity index (χ1) is 13.7. The fourth-order valence-corrected chi connectivity index (χ4v) is 6.06. The van der Waals surface area contributed by atoms with Gasteiger partial charge in [-0.2, -0.15) is 0 Å². The lowest BCUT2D eigenvalue weighted by molar-refractivity contribution is -0.152. The molecule has 0 radical (unpaired) electrons. The molecule has 0 amide bonds. The molecule has 1 N–H and O–H groups in total.